The Morgan fingerprint density at radius 2 is 1.82 bits per heavy atom. The highest BCUT2D eigenvalue weighted by atomic mass is 32.2. The molecule has 60 heavy (non-hydrogen) atoms. The third-order valence-electron chi connectivity index (χ3n) is 12.2. The number of aliphatic hydroxyl groups is 2. The first-order valence-electron chi connectivity index (χ1n) is 21.2. The Labute approximate surface area is 354 Å². The highest BCUT2D eigenvalue weighted by molar-refractivity contribution is 7.89. The van der Waals surface area contributed by atoms with Gasteiger partial charge in [-0.05, 0) is 98.9 Å². The van der Waals surface area contributed by atoms with Crippen LogP contribution in [-0.4, -0.2) is 83.9 Å². The summed E-state index contributed by atoms with van der Waals surface area (Å²) in [5.41, 5.74) is 4.56. The van der Waals surface area contributed by atoms with Crippen molar-refractivity contribution in [1.82, 2.24) is 14.3 Å². The van der Waals surface area contributed by atoms with Crippen LogP contribution in [0.3, 0.4) is 0 Å². The number of fused-ring (bicyclic) bond motifs is 3. The van der Waals surface area contributed by atoms with E-state index in [1.165, 1.54) is 7.11 Å². The number of allylic oxidation sites excluding steroid dienone is 1. The summed E-state index contributed by atoms with van der Waals surface area (Å²) in [4.78, 5) is 14.9. The van der Waals surface area contributed by atoms with Crippen LogP contribution >= 0.6 is 0 Å². The minimum Gasteiger partial charge on any atom is -0.487 e. The lowest BCUT2D eigenvalue weighted by atomic mass is 9.55. The van der Waals surface area contributed by atoms with Gasteiger partial charge in [0, 0.05) is 54.9 Å². The number of nitrogens with zero attached hydrogens (tertiary/aromatic N) is 4. The Morgan fingerprint density at radius 3 is 2.57 bits per heavy atom. The maximum Gasteiger partial charge on any atom is 0.245 e. The van der Waals surface area contributed by atoms with Crippen molar-refractivity contribution in [3.8, 4) is 11.5 Å². The number of pyridine rings is 2. The van der Waals surface area contributed by atoms with Crippen molar-refractivity contribution in [2.24, 2.45) is 22.9 Å². The predicted molar refractivity (Wildman–Crippen MR) is 231 cm³/mol. The molecule has 2 aliphatic carbocycles. The lowest BCUT2D eigenvalue weighted by Crippen LogP contribution is -2.70. The number of aryl methyl sites for hydroxylation is 1. The first-order chi connectivity index (χ1) is 29.2. The van der Waals surface area contributed by atoms with Gasteiger partial charge in [0.25, 0.3) is 0 Å². The smallest absolute Gasteiger partial charge is 0.245 e. The van der Waals surface area contributed by atoms with Crippen molar-refractivity contribution in [1.29, 1.82) is 0 Å². The molecule has 1 aliphatic heterocycles. The molecule has 1 fully saturated rings. The number of sulfonamides is 1. The Hall–Kier alpha value is -4.66. The number of aliphatic hydroxyl groups excluding tert-OH is 2. The largest absolute Gasteiger partial charge is 0.487 e. The molecule has 3 aliphatic rings. The van der Waals surface area contributed by atoms with E-state index in [-0.39, 0.29) is 62.0 Å². The monoisotopic (exact) mass is 838 g/mol. The molecule has 2 aromatic heterocycles. The zero-order chi connectivity index (χ0) is 42.3. The molecule has 2 N–H and O–H groups in total. The van der Waals surface area contributed by atoms with Crippen LogP contribution in [-0.2, 0) is 26.2 Å². The van der Waals surface area contributed by atoms with Gasteiger partial charge in [-0.15, -0.1) is 6.58 Å². The molecule has 320 valence electrons. The van der Waals surface area contributed by atoms with Gasteiger partial charge in [-0.1, -0.05) is 61.3 Å². The molecule has 13 heteroatoms. The van der Waals surface area contributed by atoms with Gasteiger partial charge in [0.2, 0.25) is 15.8 Å². The van der Waals surface area contributed by atoms with E-state index in [2.05, 4.69) is 33.8 Å². The average Bonchev–Trinajstić information content (AvgIpc) is 3.25. The van der Waals surface area contributed by atoms with E-state index < -0.39 is 27.8 Å². The third kappa shape index (κ3) is 8.60. The SMILES string of the molecule is C=CCOC12Oc3ccc(OCc4cccc(C)n4)cc3C3C(CCCCO)C(CCCCO)C=C(C(=NOC)CC1N(CCC)S(=O)(=O)c1cccc4cccnc14)C32. The van der Waals surface area contributed by atoms with E-state index in [0.717, 1.165) is 48.2 Å². The number of benzene rings is 2. The molecule has 1 saturated carbocycles. The number of hydrogen-bond acceptors (Lipinski definition) is 11. The van der Waals surface area contributed by atoms with Gasteiger partial charge < -0.3 is 29.3 Å². The van der Waals surface area contributed by atoms with Gasteiger partial charge in [-0.25, -0.2) is 8.42 Å². The second kappa shape index (κ2) is 19.4. The van der Waals surface area contributed by atoms with Crippen molar-refractivity contribution >= 4 is 26.6 Å². The number of para-hydroxylation sites is 1. The summed E-state index contributed by atoms with van der Waals surface area (Å²) in [6, 6.07) is 19.7. The topological polar surface area (TPSA) is 153 Å². The fraction of sp³-hybridized carbons (Fsp3) is 0.468. The molecule has 6 atom stereocenters. The van der Waals surface area contributed by atoms with Gasteiger partial charge in [-0.2, -0.15) is 4.31 Å². The second-order valence-electron chi connectivity index (χ2n) is 16.0. The van der Waals surface area contributed by atoms with Crippen LogP contribution in [0.5, 0.6) is 11.5 Å². The van der Waals surface area contributed by atoms with Crippen LogP contribution in [0.4, 0.5) is 0 Å². The Bertz CT molecular complexity index is 2290. The van der Waals surface area contributed by atoms with Crippen LogP contribution in [0, 0.1) is 24.7 Å². The highest BCUT2D eigenvalue weighted by Crippen LogP contribution is 2.62. The molecule has 4 aromatic rings. The number of hydrogen-bond donors (Lipinski definition) is 2. The first kappa shape index (κ1) is 43.4. The summed E-state index contributed by atoms with van der Waals surface area (Å²) in [5.74, 6) is -1.02. The summed E-state index contributed by atoms with van der Waals surface area (Å²) in [5, 5.41) is 25.2. The molecule has 0 amide bonds. The van der Waals surface area contributed by atoms with Gasteiger partial charge in [-0.3, -0.25) is 9.97 Å². The zero-order valence-electron chi connectivity index (χ0n) is 34.9. The Morgan fingerprint density at radius 1 is 1.03 bits per heavy atom. The van der Waals surface area contributed by atoms with Gasteiger partial charge in [0.15, 0.2) is 0 Å². The molecule has 12 nitrogen and oxygen atoms in total. The van der Waals surface area contributed by atoms with Gasteiger partial charge >= 0.3 is 0 Å². The number of rotatable bonds is 20. The van der Waals surface area contributed by atoms with E-state index in [1.807, 2.05) is 56.3 Å². The predicted octanol–water partition coefficient (Wildman–Crippen LogP) is 7.88. The number of unbranched alkanes of at least 4 members (excludes halogenated alkanes) is 2. The van der Waals surface area contributed by atoms with E-state index in [4.69, 9.17) is 19.0 Å². The van der Waals surface area contributed by atoms with Crippen molar-refractivity contribution in [3.05, 3.63) is 114 Å². The molecule has 0 saturated heterocycles. The summed E-state index contributed by atoms with van der Waals surface area (Å²) >= 11 is 0. The van der Waals surface area contributed by atoms with Crippen LogP contribution in [0.2, 0.25) is 0 Å². The molecular formula is C47H58N4O8S. The second-order valence-corrected chi connectivity index (χ2v) is 17.8. The van der Waals surface area contributed by atoms with Gasteiger partial charge in [0.05, 0.1) is 35.5 Å². The van der Waals surface area contributed by atoms with Gasteiger partial charge in [0.1, 0.15) is 30.1 Å². The van der Waals surface area contributed by atoms with Crippen molar-refractivity contribution < 1.29 is 37.7 Å². The molecular weight excluding hydrogens is 781 g/mol. The molecule has 7 rings (SSSR count). The summed E-state index contributed by atoms with van der Waals surface area (Å²) < 4.78 is 53.1. The van der Waals surface area contributed by atoms with E-state index in [0.29, 0.717) is 47.4 Å². The van der Waals surface area contributed by atoms with E-state index >= 15 is 8.42 Å². The molecule has 0 bridgehead atoms. The normalized spacial score (nSPS) is 24.1. The molecule has 3 heterocycles. The minimum absolute atomic E-state index is 0.0214. The fourth-order valence-corrected chi connectivity index (χ4v) is 11.6. The quantitative estimate of drug-likeness (QED) is 0.0511. The number of aromatic nitrogens is 2. The van der Waals surface area contributed by atoms with E-state index in [1.54, 1.807) is 34.8 Å². The minimum atomic E-state index is -4.25. The lowest BCUT2D eigenvalue weighted by Gasteiger charge is -2.59. The maximum absolute atomic E-state index is 15.4. The summed E-state index contributed by atoms with van der Waals surface area (Å²) in [7, 11) is -2.74. The van der Waals surface area contributed by atoms with Crippen LogP contribution in [0.25, 0.3) is 10.9 Å². The average molecular weight is 839 g/mol. The van der Waals surface area contributed by atoms with Crippen molar-refractivity contribution in [2.75, 3.05) is 33.5 Å². The van der Waals surface area contributed by atoms with E-state index in [9.17, 15) is 10.2 Å². The van der Waals surface area contributed by atoms with Crippen molar-refractivity contribution in [3.63, 3.8) is 0 Å². The van der Waals surface area contributed by atoms with Crippen LogP contribution in [0.15, 0.2) is 107 Å². The molecule has 0 radical (unpaired) electrons. The number of ether oxygens (including phenoxy) is 3. The lowest BCUT2D eigenvalue weighted by molar-refractivity contribution is -0.251. The third-order valence-corrected chi connectivity index (χ3v) is 14.1. The zero-order valence-corrected chi connectivity index (χ0v) is 35.7. The van der Waals surface area contributed by atoms with Crippen LogP contribution in [0.1, 0.15) is 81.2 Å². The molecule has 6 unspecified atom stereocenters. The Kier molecular flexibility index (Phi) is 14.0. The molecule has 2 aromatic carbocycles. The fourth-order valence-electron chi connectivity index (χ4n) is 9.74. The summed E-state index contributed by atoms with van der Waals surface area (Å²) in [6.45, 7) is 8.64. The highest BCUT2D eigenvalue weighted by Gasteiger charge is 2.66. The first-order valence-corrected chi connectivity index (χ1v) is 22.7. The maximum atomic E-state index is 15.4. The standard InChI is InChI=1S/C47H58N4O8S/c1-5-24-51(60(54,55)42-20-12-16-33-17-13-23-48-46(33)42)43-30-40(50-56-4)38-28-34(15-7-9-25-52)37(19-8-10-26-53)44-39-29-36(57-31-35-18-11-14-32(3)49-35)21-22-41(39)59-47(43,45(38)44)58-27-6-2/h6,11-14,16-18,20-23,28-29,34,37,43-45,52-53H,2,5,7-10,15,19,24-27,30-31H2,1,3-4H3. The van der Waals surface area contributed by atoms with Crippen LogP contribution < -0.4 is 9.47 Å². The Balaban J connectivity index is 1.45. The van der Waals surface area contributed by atoms with Crippen molar-refractivity contribution in [2.45, 2.75) is 94.5 Å². The molecule has 0 spiro atoms. The number of oxime groups is 1. The summed E-state index contributed by atoms with van der Waals surface area (Å²) in [6.07, 6.45) is 10.7.